The number of non-ortho nitro benzene ring substituents is 1. The van der Waals surface area contributed by atoms with Crippen LogP contribution in [-0.2, 0) is 22.5 Å². The number of nitro groups is 1. The molecular weight excluding hydrogens is 546 g/mol. The Kier molecular flexibility index (Phi) is 11.2. The Bertz CT molecular complexity index is 1370. The number of aliphatic hydroxyl groups excluding tert-OH is 1. The number of nitrogens with zero attached hydrogens (tertiary/aromatic N) is 1. The third kappa shape index (κ3) is 8.78. The van der Waals surface area contributed by atoms with Crippen LogP contribution in [0.2, 0.25) is 0 Å². The predicted octanol–water partition coefficient (Wildman–Crippen LogP) is 8.09. The van der Waals surface area contributed by atoms with Crippen molar-refractivity contribution in [1.29, 1.82) is 0 Å². The fourth-order valence-electron chi connectivity index (χ4n) is 5.73. The van der Waals surface area contributed by atoms with Crippen LogP contribution in [-0.4, -0.2) is 34.0 Å². The first-order valence-electron chi connectivity index (χ1n) is 15.2. The number of benzene rings is 2. The van der Waals surface area contributed by atoms with Crippen LogP contribution in [0.15, 0.2) is 65.3 Å². The minimum atomic E-state index is -0.495. The molecule has 0 amide bonds. The lowest BCUT2D eigenvalue weighted by atomic mass is 9.85. The largest absolute Gasteiger partial charge is 0.508 e. The zero-order valence-electron chi connectivity index (χ0n) is 25.9. The molecule has 43 heavy (non-hydrogen) atoms. The minimum absolute atomic E-state index is 0.0541. The van der Waals surface area contributed by atoms with Crippen molar-refractivity contribution in [3.63, 3.8) is 0 Å². The molecule has 1 unspecified atom stereocenters. The molecule has 1 atom stereocenters. The molecule has 0 bridgehead atoms. The van der Waals surface area contributed by atoms with Crippen LogP contribution >= 0.6 is 0 Å². The number of aliphatic hydroxyl groups is 1. The van der Waals surface area contributed by atoms with Gasteiger partial charge in [-0.3, -0.25) is 10.1 Å². The maximum atomic E-state index is 10.8. The van der Waals surface area contributed by atoms with Gasteiger partial charge in [0, 0.05) is 28.8 Å². The highest BCUT2D eigenvalue weighted by molar-refractivity contribution is 5.54. The van der Waals surface area contributed by atoms with Crippen molar-refractivity contribution < 1.29 is 29.3 Å². The van der Waals surface area contributed by atoms with Crippen LogP contribution < -0.4 is 4.74 Å². The number of hydrogen-bond donors (Lipinski definition) is 2. The average molecular weight is 592 g/mol. The Morgan fingerprint density at radius 1 is 1.07 bits per heavy atom. The summed E-state index contributed by atoms with van der Waals surface area (Å²) in [5, 5.41) is 30.7. The molecule has 4 rings (SSSR count). The Morgan fingerprint density at radius 2 is 1.72 bits per heavy atom. The summed E-state index contributed by atoms with van der Waals surface area (Å²) in [4.78, 5) is 10.4. The predicted molar refractivity (Wildman–Crippen MR) is 167 cm³/mol. The molecule has 2 aliphatic rings. The fourth-order valence-corrected chi connectivity index (χ4v) is 5.73. The van der Waals surface area contributed by atoms with E-state index < -0.39 is 11.2 Å². The lowest BCUT2D eigenvalue weighted by molar-refractivity contribution is -0.384. The van der Waals surface area contributed by atoms with E-state index in [9.17, 15) is 20.3 Å². The quantitative estimate of drug-likeness (QED) is 0.146. The third-order valence-electron chi connectivity index (χ3n) is 8.45. The number of aryl methyl sites for hydroxylation is 1. The van der Waals surface area contributed by atoms with Gasteiger partial charge in [-0.25, -0.2) is 0 Å². The van der Waals surface area contributed by atoms with Crippen LogP contribution in [0.1, 0.15) is 94.3 Å². The van der Waals surface area contributed by atoms with E-state index in [4.69, 9.17) is 14.2 Å². The molecule has 232 valence electrons. The molecule has 1 fully saturated rings. The summed E-state index contributed by atoms with van der Waals surface area (Å²) in [6.45, 7) is 9.30. The Hall–Kier alpha value is -3.46. The molecule has 2 aromatic rings. The maximum absolute atomic E-state index is 10.8. The summed E-state index contributed by atoms with van der Waals surface area (Å²) in [6.07, 6.45) is 13.8. The van der Waals surface area contributed by atoms with Gasteiger partial charge in [-0.15, -0.1) is 0 Å². The maximum Gasteiger partial charge on any atom is 0.269 e. The van der Waals surface area contributed by atoms with Crippen LogP contribution in [0.25, 0.3) is 0 Å². The van der Waals surface area contributed by atoms with Crippen LogP contribution in [0, 0.1) is 17.0 Å². The molecule has 8 nitrogen and oxygen atoms in total. The zero-order chi connectivity index (χ0) is 31.0. The van der Waals surface area contributed by atoms with Gasteiger partial charge in [0.15, 0.2) is 6.29 Å². The third-order valence-corrected chi connectivity index (χ3v) is 8.45. The SMILES string of the molecule is C/C(=C\CC/C(C)=C/CCC1(C)CCc2c(CO)c(O)cc(C)c2O1)CCC=C1COC(c2ccc([N+](=O)[O-])cc2)OC1. The van der Waals surface area contributed by atoms with Crippen LogP contribution in [0.3, 0.4) is 0 Å². The number of nitro benzene ring substituents is 1. The van der Waals surface area contributed by atoms with Gasteiger partial charge in [-0.05, 0) is 108 Å². The van der Waals surface area contributed by atoms with E-state index in [1.165, 1.54) is 23.3 Å². The summed E-state index contributed by atoms with van der Waals surface area (Å²) >= 11 is 0. The van der Waals surface area contributed by atoms with E-state index in [2.05, 4.69) is 39.0 Å². The molecule has 2 aromatic carbocycles. The molecular formula is C35H45NO7. The molecule has 1 saturated heterocycles. The highest BCUT2D eigenvalue weighted by atomic mass is 16.7. The molecule has 0 saturated carbocycles. The van der Waals surface area contributed by atoms with Gasteiger partial charge in [0.1, 0.15) is 17.1 Å². The van der Waals surface area contributed by atoms with Crippen molar-refractivity contribution in [3.8, 4) is 11.5 Å². The molecule has 0 radical (unpaired) electrons. The average Bonchev–Trinajstić information content (AvgIpc) is 2.98. The summed E-state index contributed by atoms with van der Waals surface area (Å²) < 4.78 is 18.1. The lowest BCUT2D eigenvalue weighted by Crippen LogP contribution is -2.37. The second-order valence-electron chi connectivity index (χ2n) is 12.1. The number of fused-ring (bicyclic) bond motifs is 1. The number of rotatable bonds is 12. The topological polar surface area (TPSA) is 111 Å². The summed E-state index contributed by atoms with van der Waals surface area (Å²) in [5.74, 6) is 0.971. The van der Waals surface area contributed by atoms with Crippen LogP contribution in [0.5, 0.6) is 11.5 Å². The van der Waals surface area contributed by atoms with Gasteiger partial charge in [0.05, 0.1) is 24.7 Å². The summed E-state index contributed by atoms with van der Waals surface area (Å²) in [5.41, 5.74) is 6.89. The monoisotopic (exact) mass is 591 g/mol. The second kappa shape index (κ2) is 14.8. The van der Waals surface area contributed by atoms with Gasteiger partial charge in [-0.2, -0.15) is 0 Å². The van der Waals surface area contributed by atoms with Crippen molar-refractivity contribution in [2.75, 3.05) is 13.2 Å². The highest BCUT2D eigenvalue weighted by Gasteiger charge is 2.33. The number of phenols is 1. The Balaban J connectivity index is 1.15. The van der Waals surface area contributed by atoms with Gasteiger partial charge in [-0.1, -0.05) is 29.4 Å². The van der Waals surface area contributed by atoms with Crippen molar-refractivity contribution in [1.82, 2.24) is 0 Å². The van der Waals surface area contributed by atoms with Gasteiger partial charge < -0.3 is 24.4 Å². The van der Waals surface area contributed by atoms with E-state index in [0.717, 1.165) is 79.4 Å². The normalized spacial score (nSPS) is 20.9. The molecule has 2 heterocycles. The molecule has 8 heteroatoms. The minimum Gasteiger partial charge on any atom is -0.508 e. The van der Waals surface area contributed by atoms with Crippen LogP contribution in [0.4, 0.5) is 5.69 Å². The Morgan fingerprint density at radius 3 is 2.37 bits per heavy atom. The zero-order valence-corrected chi connectivity index (χ0v) is 25.9. The van der Waals surface area contributed by atoms with Crippen molar-refractivity contribution in [3.05, 3.63) is 97.6 Å². The van der Waals surface area contributed by atoms with Crippen molar-refractivity contribution in [2.45, 2.75) is 97.6 Å². The molecule has 2 aliphatic heterocycles. The molecule has 0 aliphatic carbocycles. The molecule has 0 spiro atoms. The van der Waals surface area contributed by atoms with E-state index in [-0.39, 0.29) is 23.6 Å². The standard InChI is InChI=1S/C35H45NO7/c1-24(10-6-12-27-22-41-34(42-23-27)28-13-15-29(16-14-28)36(39)40)8-5-9-25(2)11-7-18-35(4)19-17-30-31(21-37)32(38)20-26(3)33(30)43-35/h8,11-16,20,34,37-38H,5-7,9-10,17-19,21-23H2,1-4H3/b24-8+,25-11+,27-12?. The fraction of sp³-hybridized carbons (Fsp3) is 0.486. The van der Waals surface area contributed by atoms with Crippen molar-refractivity contribution in [2.24, 2.45) is 0 Å². The van der Waals surface area contributed by atoms with E-state index >= 15 is 0 Å². The number of ether oxygens (including phenoxy) is 3. The smallest absolute Gasteiger partial charge is 0.269 e. The Labute approximate surface area is 254 Å². The lowest BCUT2D eigenvalue weighted by Gasteiger charge is -2.37. The molecule has 2 N–H and O–H groups in total. The van der Waals surface area contributed by atoms with Crippen molar-refractivity contribution >= 4 is 5.69 Å². The summed E-state index contributed by atoms with van der Waals surface area (Å²) in [6, 6.07) is 7.98. The summed E-state index contributed by atoms with van der Waals surface area (Å²) in [7, 11) is 0. The van der Waals surface area contributed by atoms with E-state index in [1.54, 1.807) is 18.2 Å². The molecule has 0 aromatic heterocycles. The number of aromatic hydroxyl groups is 1. The van der Waals surface area contributed by atoms with E-state index in [1.807, 2.05) is 6.92 Å². The highest BCUT2D eigenvalue weighted by Crippen LogP contribution is 2.42. The first-order chi connectivity index (χ1) is 20.6. The number of hydrogen-bond acceptors (Lipinski definition) is 7. The second-order valence-corrected chi connectivity index (χ2v) is 12.1. The number of allylic oxidation sites excluding steroid dienone is 5. The van der Waals surface area contributed by atoms with Gasteiger partial charge in [0.2, 0.25) is 0 Å². The first-order valence-corrected chi connectivity index (χ1v) is 15.2. The van der Waals surface area contributed by atoms with E-state index in [0.29, 0.717) is 18.8 Å². The van der Waals surface area contributed by atoms with Gasteiger partial charge >= 0.3 is 0 Å². The first kappa shape index (κ1) is 32.5. The van der Waals surface area contributed by atoms with Gasteiger partial charge in [0.25, 0.3) is 5.69 Å².